The third-order valence-electron chi connectivity index (χ3n) is 4.14. The maximum Gasteiger partial charge on any atom is 0.252 e. The van der Waals surface area contributed by atoms with E-state index in [1.165, 1.54) is 25.7 Å². The number of aromatic nitrogens is 1. The van der Waals surface area contributed by atoms with Crippen molar-refractivity contribution in [1.29, 1.82) is 0 Å². The molecule has 0 spiro atoms. The third kappa shape index (κ3) is 3.10. The number of pyridine rings is 1. The van der Waals surface area contributed by atoms with Gasteiger partial charge in [-0.05, 0) is 44.2 Å². The van der Waals surface area contributed by atoms with Crippen molar-refractivity contribution in [2.75, 3.05) is 11.9 Å². The van der Waals surface area contributed by atoms with Crippen molar-refractivity contribution in [3.8, 4) is 0 Å². The third-order valence-corrected chi connectivity index (χ3v) is 4.14. The Morgan fingerprint density at radius 3 is 2.65 bits per heavy atom. The van der Waals surface area contributed by atoms with Crippen molar-refractivity contribution >= 4 is 11.7 Å². The first kappa shape index (κ1) is 14.8. The van der Waals surface area contributed by atoms with Crippen LogP contribution in [0, 0.1) is 19.8 Å². The lowest BCUT2D eigenvalue weighted by Crippen LogP contribution is -2.36. The average Bonchev–Trinajstić information content (AvgIpc) is 2.88. The average molecular weight is 276 g/mol. The van der Waals surface area contributed by atoms with E-state index in [0.29, 0.717) is 23.8 Å². The Labute approximate surface area is 120 Å². The van der Waals surface area contributed by atoms with Crippen LogP contribution in [0.3, 0.4) is 0 Å². The summed E-state index contributed by atoms with van der Waals surface area (Å²) < 4.78 is 0. The Hall–Kier alpha value is -1.62. The molecule has 1 fully saturated rings. The number of hydrogen-bond acceptors (Lipinski definition) is 4. The molecule has 1 aliphatic carbocycles. The summed E-state index contributed by atoms with van der Waals surface area (Å²) in [5.74, 6) is 0.695. The summed E-state index contributed by atoms with van der Waals surface area (Å²) in [6.07, 6.45) is 4.88. The van der Waals surface area contributed by atoms with Crippen molar-refractivity contribution in [3.05, 3.63) is 22.9 Å². The van der Waals surface area contributed by atoms with Crippen LogP contribution in [0.25, 0.3) is 0 Å². The van der Waals surface area contributed by atoms with E-state index >= 15 is 0 Å². The molecule has 0 radical (unpaired) electrons. The normalized spacial score (nSPS) is 17.1. The van der Waals surface area contributed by atoms with Gasteiger partial charge in [0.1, 0.15) is 5.82 Å². The summed E-state index contributed by atoms with van der Waals surface area (Å²) in [5, 5.41) is 3.37. The Morgan fingerprint density at radius 1 is 1.45 bits per heavy atom. The van der Waals surface area contributed by atoms with Crippen LogP contribution in [0.1, 0.15) is 47.3 Å². The number of primary amides is 1. The van der Waals surface area contributed by atoms with Gasteiger partial charge < -0.3 is 16.8 Å². The molecule has 2 rings (SSSR count). The van der Waals surface area contributed by atoms with Crippen molar-refractivity contribution in [3.63, 3.8) is 0 Å². The van der Waals surface area contributed by atoms with Gasteiger partial charge in [0.15, 0.2) is 0 Å². The summed E-state index contributed by atoms with van der Waals surface area (Å²) in [4.78, 5) is 16.1. The molecular formula is C15H24N4O. The minimum atomic E-state index is -0.445. The van der Waals surface area contributed by atoms with Crippen LogP contribution < -0.4 is 16.8 Å². The first-order valence-corrected chi connectivity index (χ1v) is 7.27. The van der Waals surface area contributed by atoms with E-state index < -0.39 is 5.91 Å². The van der Waals surface area contributed by atoms with Crippen LogP contribution in [-0.4, -0.2) is 23.5 Å². The maximum atomic E-state index is 11.7. The van der Waals surface area contributed by atoms with Crippen molar-refractivity contribution < 1.29 is 4.79 Å². The molecule has 1 aliphatic rings. The standard InChI is InChI=1S/C15H24N4O/c1-9-7-10(2)18-15(13(9)14(17)20)19-12(8-16)11-5-3-4-6-11/h7,11-12H,3-6,8,16H2,1-2H3,(H2,17,20)(H,18,19). The van der Waals surface area contributed by atoms with Gasteiger partial charge in [-0.25, -0.2) is 4.98 Å². The van der Waals surface area contributed by atoms with E-state index in [4.69, 9.17) is 11.5 Å². The zero-order valence-corrected chi connectivity index (χ0v) is 12.3. The number of nitrogens with one attached hydrogen (secondary N) is 1. The van der Waals surface area contributed by atoms with Gasteiger partial charge in [0, 0.05) is 18.3 Å². The molecule has 1 unspecified atom stereocenters. The molecule has 20 heavy (non-hydrogen) atoms. The quantitative estimate of drug-likeness (QED) is 0.763. The lowest BCUT2D eigenvalue weighted by molar-refractivity contribution is 0.1000. The van der Waals surface area contributed by atoms with Gasteiger partial charge in [0.05, 0.1) is 5.56 Å². The van der Waals surface area contributed by atoms with Gasteiger partial charge in [-0.2, -0.15) is 0 Å². The second-order valence-corrected chi connectivity index (χ2v) is 5.70. The summed E-state index contributed by atoms with van der Waals surface area (Å²) in [6.45, 7) is 4.33. The Morgan fingerprint density at radius 2 is 2.10 bits per heavy atom. The number of aryl methyl sites for hydroxylation is 2. The van der Waals surface area contributed by atoms with Crippen molar-refractivity contribution in [2.45, 2.75) is 45.6 Å². The number of rotatable bonds is 5. The van der Waals surface area contributed by atoms with Crippen LogP contribution in [0.5, 0.6) is 0 Å². The van der Waals surface area contributed by atoms with Gasteiger partial charge >= 0.3 is 0 Å². The molecule has 0 aliphatic heterocycles. The van der Waals surface area contributed by atoms with Gasteiger partial charge in [0.25, 0.3) is 5.91 Å². The number of nitrogens with two attached hydrogens (primary N) is 2. The van der Waals surface area contributed by atoms with Gasteiger partial charge in [-0.1, -0.05) is 12.8 Å². The number of anilines is 1. The number of nitrogens with zero attached hydrogens (tertiary/aromatic N) is 1. The van der Waals surface area contributed by atoms with Gasteiger partial charge in [-0.3, -0.25) is 4.79 Å². The minimum Gasteiger partial charge on any atom is -0.365 e. The molecule has 0 bridgehead atoms. The summed E-state index contributed by atoms with van der Waals surface area (Å²) in [5.41, 5.74) is 13.6. The fourth-order valence-electron chi connectivity index (χ4n) is 3.16. The van der Waals surface area contributed by atoms with Gasteiger partial charge in [-0.15, -0.1) is 0 Å². The molecule has 1 aromatic rings. The van der Waals surface area contributed by atoms with Crippen molar-refractivity contribution in [2.24, 2.45) is 17.4 Å². The highest BCUT2D eigenvalue weighted by Gasteiger charge is 2.26. The summed E-state index contributed by atoms with van der Waals surface area (Å²) >= 11 is 0. The monoisotopic (exact) mass is 276 g/mol. The molecular weight excluding hydrogens is 252 g/mol. The van der Waals surface area contributed by atoms with E-state index in [1.54, 1.807) is 0 Å². The van der Waals surface area contributed by atoms with Crippen LogP contribution in [0.15, 0.2) is 6.07 Å². The van der Waals surface area contributed by atoms with E-state index in [2.05, 4.69) is 10.3 Å². The lowest BCUT2D eigenvalue weighted by atomic mass is 9.97. The Bertz CT molecular complexity index is 495. The molecule has 1 amide bonds. The highest BCUT2D eigenvalue weighted by Crippen LogP contribution is 2.30. The fourth-order valence-corrected chi connectivity index (χ4v) is 3.16. The predicted molar refractivity (Wildman–Crippen MR) is 80.7 cm³/mol. The molecule has 0 aromatic carbocycles. The molecule has 1 atom stereocenters. The molecule has 0 saturated heterocycles. The highest BCUT2D eigenvalue weighted by molar-refractivity contribution is 5.99. The summed E-state index contributed by atoms with van der Waals surface area (Å²) in [7, 11) is 0. The fraction of sp³-hybridized carbons (Fsp3) is 0.600. The first-order chi connectivity index (χ1) is 9.52. The molecule has 5 N–H and O–H groups in total. The van der Waals surface area contributed by atoms with Crippen molar-refractivity contribution in [1.82, 2.24) is 4.98 Å². The van der Waals surface area contributed by atoms with Crippen LogP contribution >= 0.6 is 0 Å². The smallest absolute Gasteiger partial charge is 0.252 e. The molecule has 1 aromatic heterocycles. The minimum absolute atomic E-state index is 0.157. The first-order valence-electron chi connectivity index (χ1n) is 7.27. The van der Waals surface area contributed by atoms with E-state index in [-0.39, 0.29) is 6.04 Å². The highest BCUT2D eigenvalue weighted by atomic mass is 16.1. The predicted octanol–water partition coefficient (Wildman–Crippen LogP) is 1.73. The maximum absolute atomic E-state index is 11.7. The molecule has 1 saturated carbocycles. The van der Waals surface area contributed by atoms with Gasteiger partial charge in [0.2, 0.25) is 0 Å². The number of carbonyl (C=O) groups is 1. The Kier molecular flexibility index (Phi) is 4.60. The molecule has 1 heterocycles. The van der Waals surface area contributed by atoms with E-state index in [0.717, 1.165) is 11.3 Å². The second-order valence-electron chi connectivity index (χ2n) is 5.70. The zero-order chi connectivity index (χ0) is 14.7. The molecule has 110 valence electrons. The largest absolute Gasteiger partial charge is 0.365 e. The topological polar surface area (TPSA) is 94.0 Å². The number of amides is 1. The van der Waals surface area contributed by atoms with E-state index in [9.17, 15) is 4.79 Å². The zero-order valence-electron chi connectivity index (χ0n) is 12.3. The second kappa shape index (κ2) is 6.22. The van der Waals surface area contributed by atoms with E-state index in [1.807, 2.05) is 19.9 Å². The number of carbonyl (C=O) groups excluding carboxylic acids is 1. The molecule has 5 nitrogen and oxygen atoms in total. The SMILES string of the molecule is Cc1cc(C)c(C(N)=O)c(NC(CN)C2CCCC2)n1. The van der Waals surface area contributed by atoms with Crippen LogP contribution in [0.4, 0.5) is 5.82 Å². The van der Waals surface area contributed by atoms with Crippen LogP contribution in [-0.2, 0) is 0 Å². The number of hydrogen-bond donors (Lipinski definition) is 3. The molecule has 5 heteroatoms. The summed E-state index contributed by atoms with van der Waals surface area (Å²) in [6, 6.07) is 2.03. The Balaban J connectivity index is 2.28. The van der Waals surface area contributed by atoms with Crippen LogP contribution in [0.2, 0.25) is 0 Å². The lowest BCUT2D eigenvalue weighted by Gasteiger charge is -2.25.